The highest BCUT2D eigenvalue weighted by atomic mass is 35.5. The van der Waals surface area contributed by atoms with Gasteiger partial charge in [-0.3, -0.25) is 9.69 Å². The first kappa shape index (κ1) is 23.3. The highest BCUT2D eigenvalue weighted by Crippen LogP contribution is 2.58. The van der Waals surface area contributed by atoms with Gasteiger partial charge in [0.25, 0.3) is 0 Å². The summed E-state index contributed by atoms with van der Waals surface area (Å²) in [6.45, 7) is 12.6. The molecule has 2 N–H and O–H groups in total. The molecule has 0 atom stereocenters. The van der Waals surface area contributed by atoms with Crippen LogP contribution in [0.3, 0.4) is 0 Å². The summed E-state index contributed by atoms with van der Waals surface area (Å²) in [5, 5.41) is 9.52. The molecule has 1 aliphatic carbocycles. The van der Waals surface area contributed by atoms with Crippen LogP contribution in [0.4, 0.5) is 5.82 Å². The van der Waals surface area contributed by atoms with Crippen LogP contribution >= 0.6 is 11.6 Å². The minimum atomic E-state index is -0.464. The molecule has 0 spiro atoms. The number of halogens is 1. The van der Waals surface area contributed by atoms with Crippen LogP contribution in [0.1, 0.15) is 43.6 Å². The van der Waals surface area contributed by atoms with Gasteiger partial charge in [0.05, 0.1) is 16.1 Å². The van der Waals surface area contributed by atoms with Gasteiger partial charge in [-0.15, -0.1) is 0 Å². The Balaban J connectivity index is 1.42. The minimum absolute atomic E-state index is 0.0139. The molecule has 0 radical (unpaired) electrons. The Kier molecular flexibility index (Phi) is 6.02. The number of piperazine rings is 1. The summed E-state index contributed by atoms with van der Waals surface area (Å²) in [5.74, 6) is 1.10. The van der Waals surface area contributed by atoms with Crippen molar-refractivity contribution in [3.05, 3.63) is 52.7 Å². The third kappa shape index (κ3) is 4.14. The first-order valence-corrected chi connectivity index (χ1v) is 11.5. The second-order valence-corrected chi connectivity index (χ2v) is 10.5. The average molecular weight is 468 g/mol. The van der Waals surface area contributed by atoms with Crippen LogP contribution in [0.15, 0.2) is 36.5 Å². The largest absolute Gasteiger partial charge is 0.489 e. The number of carbonyl (C=O) groups is 1. The number of rotatable bonds is 5. The van der Waals surface area contributed by atoms with Gasteiger partial charge in [-0.1, -0.05) is 39.3 Å². The summed E-state index contributed by atoms with van der Waals surface area (Å²) in [7, 11) is 0. The summed E-state index contributed by atoms with van der Waals surface area (Å²) in [5.41, 5.74) is 6.06. The molecule has 8 heteroatoms. The van der Waals surface area contributed by atoms with Crippen molar-refractivity contribution in [1.29, 1.82) is 5.26 Å². The van der Waals surface area contributed by atoms with Gasteiger partial charge in [-0.05, 0) is 24.3 Å². The fraction of sp³-hybridized carbons (Fsp3) is 0.480. The zero-order chi connectivity index (χ0) is 24.0. The number of hydrogen-bond donors (Lipinski definition) is 1. The minimum Gasteiger partial charge on any atom is -0.489 e. The molecule has 1 saturated carbocycles. The maximum absolute atomic E-state index is 11.3. The Hall–Kier alpha value is -2.82. The number of aromatic nitrogens is 1. The van der Waals surface area contributed by atoms with Crippen LogP contribution in [0.5, 0.6) is 5.75 Å². The van der Waals surface area contributed by atoms with Crippen LogP contribution in [-0.2, 0) is 0 Å². The van der Waals surface area contributed by atoms with Gasteiger partial charge in [-0.25, -0.2) is 4.98 Å². The molecule has 7 nitrogen and oxygen atoms in total. The molecule has 4 rings (SSSR count). The molecule has 2 fully saturated rings. The normalized spacial score (nSPS) is 23.9. The molecular weight excluding hydrogens is 438 g/mol. The number of carbonyl (C=O) groups excluding carboxylic acids is 1. The molecule has 0 unspecified atom stereocenters. The molecule has 2 aromatic rings. The Morgan fingerprint density at radius 3 is 2.33 bits per heavy atom. The lowest BCUT2D eigenvalue weighted by atomic mass is 9.48. The molecule has 1 aliphatic heterocycles. The van der Waals surface area contributed by atoms with Gasteiger partial charge in [0.2, 0.25) is 5.91 Å². The van der Waals surface area contributed by atoms with E-state index in [0.717, 1.165) is 32.0 Å². The number of amides is 1. The fourth-order valence-electron chi connectivity index (χ4n) is 6.08. The third-order valence-electron chi connectivity index (χ3n) is 7.11. The smallest absolute Gasteiger partial charge is 0.250 e. The number of anilines is 1. The molecule has 174 valence electrons. The highest BCUT2D eigenvalue weighted by Gasteiger charge is 2.65. The number of primary amides is 1. The van der Waals surface area contributed by atoms with Gasteiger partial charge in [0.1, 0.15) is 23.7 Å². The van der Waals surface area contributed by atoms with Crippen molar-refractivity contribution in [3.63, 3.8) is 0 Å². The lowest BCUT2D eigenvalue weighted by Gasteiger charge is -2.66. The van der Waals surface area contributed by atoms with Crippen molar-refractivity contribution < 1.29 is 9.53 Å². The SMILES string of the molecule is CC1(C)C(Oc2ccc(C#N)c(Cl)c2)C(C)(C)C1N1CCN(c2ccc(C(N)=O)cn2)CC1. The molecule has 33 heavy (non-hydrogen) atoms. The van der Waals surface area contributed by atoms with E-state index >= 15 is 0 Å². The number of nitrogens with zero attached hydrogens (tertiary/aromatic N) is 4. The number of ether oxygens (including phenoxy) is 1. The lowest BCUT2D eigenvalue weighted by molar-refractivity contribution is -0.210. The van der Waals surface area contributed by atoms with E-state index in [1.165, 1.54) is 0 Å². The van der Waals surface area contributed by atoms with Crippen LogP contribution < -0.4 is 15.4 Å². The van der Waals surface area contributed by atoms with Crippen molar-refractivity contribution in [2.75, 3.05) is 31.1 Å². The van der Waals surface area contributed by atoms with Crippen LogP contribution in [0.25, 0.3) is 0 Å². The molecule has 1 aromatic carbocycles. The van der Waals surface area contributed by atoms with Crippen molar-refractivity contribution in [2.45, 2.75) is 39.8 Å². The van der Waals surface area contributed by atoms with E-state index in [1.54, 1.807) is 24.4 Å². The average Bonchev–Trinajstić information content (AvgIpc) is 2.77. The highest BCUT2D eigenvalue weighted by molar-refractivity contribution is 6.31. The van der Waals surface area contributed by atoms with Crippen LogP contribution in [0, 0.1) is 22.2 Å². The first-order valence-electron chi connectivity index (χ1n) is 11.2. The molecule has 0 bridgehead atoms. The monoisotopic (exact) mass is 467 g/mol. The Labute approximate surface area is 200 Å². The standard InChI is InChI=1S/C25H30ClN5O2/c1-24(2)22(25(3,4)23(24)33-18-7-5-16(14-27)19(26)13-18)31-11-9-30(10-12-31)20-8-6-17(15-29-20)21(28)32/h5-8,13,15,22-23H,9-12H2,1-4H3,(H2,28,32). The second-order valence-electron chi connectivity index (χ2n) is 10.1. The fourth-order valence-corrected chi connectivity index (χ4v) is 6.29. The van der Waals surface area contributed by atoms with Gasteiger partial charge < -0.3 is 15.4 Å². The summed E-state index contributed by atoms with van der Waals surface area (Å²) in [6, 6.07) is 11.3. The van der Waals surface area contributed by atoms with Gasteiger partial charge in [-0.2, -0.15) is 5.26 Å². The Bertz CT molecular complexity index is 1070. The van der Waals surface area contributed by atoms with E-state index in [9.17, 15) is 4.79 Å². The lowest BCUT2D eigenvalue weighted by Crippen LogP contribution is -2.76. The summed E-state index contributed by atoms with van der Waals surface area (Å²) >= 11 is 6.21. The van der Waals surface area contributed by atoms with Crippen LogP contribution in [0.2, 0.25) is 5.02 Å². The number of pyridine rings is 1. The predicted octanol–water partition coefficient (Wildman–Crippen LogP) is 3.71. The molecule has 2 aliphatic rings. The topological polar surface area (TPSA) is 95.5 Å². The van der Waals surface area contributed by atoms with Gasteiger partial charge in [0, 0.05) is 55.3 Å². The van der Waals surface area contributed by atoms with Crippen molar-refractivity contribution in [3.8, 4) is 11.8 Å². The maximum Gasteiger partial charge on any atom is 0.250 e. The quantitative estimate of drug-likeness (QED) is 0.720. The van der Waals surface area contributed by atoms with E-state index in [4.69, 9.17) is 27.3 Å². The summed E-state index contributed by atoms with van der Waals surface area (Å²) in [6.07, 6.45) is 1.56. The van der Waals surface area contributed by atoms with E-state index in [1.807, 2.05) is 12.1 Å². The molecule has 1 amide bonds. The van der Waals surface area contributed by atoms with Gasteiger partial charge >= 0.3 is 0 Å². The molecule has 2 heterocycles. The summed E-state index contributed by atoms with van der Waals surface area (Å²) in [4.78, 5) is 20.5. The number of nitrogens with two attached hydrogens (primary N) is 1. The van der Waals surface area contributed by atoms with E-state index < -0.39 is 5.91 Å². The summed E-state index contributed by atoms with van der Waals surface area (Å²) < 4.78 is 6.42. The Morgan fingerprint density at radius 1 is 1.15 bits per heavy atom. The van der Waals surface area contributed by atoms with Crippen molar-refractivity contribution in [2.24, 2.45) is 16.6 Å². The first-order chi connectivity index (χ1) is 15.6. The zero-order valence-electron chi connectivity index (χ0n) is 19.5. The molecular formula is C25H30ClN5O2. The zero-order valence-corrected chi connectivity index (χ0v) is 20.3. The number of hydrogen-bond acceptors (Lipinski definition) is 6. The van der Waals surface area contributed by atoms with Crippen LogP contribution in [-0.4, -0.2) is 54.1 Å². The number of benzene rings is 1. The van der Waals surface area contributed by atoms with Crippen molar-refractivity contribution in [1.82, 2.24) is 9.88 Å². The van der Waals surface area contributed by atoms with E-state index in [0.29, 0.717) is 27.9 Å². The second kappa shape index (κ2) is 8.51. The third-order valence-corrected chi connectivity index (χ3v) is 7.42. The molecule has 1 aromatic heterocycles. The maximum atomic E-state index is 11.3. The van der Waals surface area contributed by atoms with Crippen molar-refractivity contribution >= 4 is 23.3 Å². The van der Waals surface area contributed by atoms with E-state index in [-0.39, 0.29) is 16.9 Å². The van der Waals surface area contributed by atoms with Gasteiger partial charge in [0.15, 0.2) is 0 Å². The Morgan fingerprint density at radius 2 is 1.82 bits per heavy atom. The predicted molar refractivity (Wildman–Crippen MR) is 128 cm³/mol. The van der Waals surface area contributed by atoms with E-state index in [2.05, 4.69) is 48.5 Å². The molecule has 1 saturated heterocycles. The number of nitriles is 1.